The zero-order chi connectivity index (χ0) is 22.7. The normalized spacial score (nSPS) is 12.2. The van der Waals surface area contributed by atoms with Gasteiger partial charge in [0.2, 0.25) is 5.65 Å². The van der Waals surface area contributed by atoms with E-state index in [4.69, 9.17) is 0 Å². The molecule has 0 saturated carbocycles. The molecule has 0 unspecified atom stereocenters. The lowest BCUT2D eigenvalue weighted by molar-refractivity contribution is 0.102. The molecule has 0 aliphatic heterocycles. The number of pyridine rings is 1. The van der Waals surface area contributed by atoms with Crippen LogP contribution in [-0.4, -0.2) is 30.6 Å². The summed E-state index contributed by atoms with van der Waals surface area (Å²) in [6, 6.07) is 9.50. The molecule has 0 saturated heterocycles. The Morgan fingerprint density at radius 3 is 2.75 bits per heavy atom. The second-order valence-electron chi connectivity index (χ2n) is 8.41. The van der Waals surface area contributed by atoms with Crippen LogP contribution in [0.1, 0.15) is 48.3 Å². The summed E-state index contributed by atoms with van der Waals surface area (Å²) in [6.45, 7) is 9.07. The summed E-state index contributed by atoms with van der Waals surface area (Å²) in [5.41, 5.74) is 4.60. The monoisotopic (exact) mass is 429 g/mol. The second-order valence-corrected chi connectivity index (χ2v) is 8.41. The number of fused-ring (bicyclic) bond motifs is 1. The maximum atomic E-state index is 12.5. The molecule has 2 N–H and O–H groups in total. The largest absolute Gasteiger partial charge is 0.362 e. The van der Waals surface area contributed by atoms with E-state index in [2.05, 4.69) is 44.5 Å². The van der Waals surface area contributed by atoms with Gasteiger partial charge in [0.25, 0.3) is 5.91 Å². The molecule has 0 aliphatic rings. The van der Waals surface area contributed by atoms with Gasteiger partial charge in [-0.3, -0.25) is 14.5 Å². The van der Waals surface area contributed by atoms with E-state index in [0.717, 1.165) is 28.9 Å². The lowest BCUT2D eigenvalue weighted by atomic mass is 10.1. The van der Waals surface area contributed by atoms with E-state index in [1.807, 2.05) is 55.1 Å². The van der Waals surface area contributed by atoms with Crippen molar-refractivity contribution in [3.63, 3.8) is 0 Å². The van der Waals surface area contributed by atoms with Crippen molar-refractivity contribution in [2.24, 2.45) is 5.92 Å². The van der Waals surface area contributed by atoms with Crippen LogP contribution in [-0.2, 0) is 6.54 Å². The van der Waals surface area contributed by atoms with Crippen LogP contribution >= 0.6 is 0 Å². The lowest BCUT2D eigenvalue weighted by Gasteiger charge is -2.16. The number of nitrogens with one attached hydrogen (secondary N) is 2. The number of nitrogens with zero attached hydrogens (tertiary/aromatic N) is 5. The van der Waals surface area contributed by atoms with Gasteiger partial charge in [-0.05, 0) is 49.1 Å². The van der Waals surface area contributed by atoms with Crippen LogP contribution < -0.4 is 10.6 Å². The molecule has 0 aliphatic carbocycles. The Kier molecular flexibility index (Phi) is 6.11. The highest BCUT2D eigenvalue weighted by atomic mass is 16.1. The van der Waals surface area contributed by atoms with Crippen LogP contribution in [0, 0.1) is 12.8 Å². The molecule has 1 aromatic carbocycles. The van der Waals surface area contributed by atoms with Gasteiger partial charge in [-0.1, -0.05) is 26.0 Å². The Hall–Kier alpha value is -3.81. The van der Waals surface area contributed by atoms with E-state index in [0.29, 0.717) is 22.9 Å². The van der Waals surface area contributed by atoms with E-state index < -0.39 is 0 Å². The van der Waals surface area contributed by atoms with Crippen LogP contribution in [0.15, 0.2) is 55.1 Å². The third-order valence-corrected chi connectivity index (χ3v) is 4.97. The predicted molar refractivity (Wildman–Crippen MR) is 126 cm³/mol. The number of carbonyl (C=O) groups is 1. The van der Waals surface area contributed by atoms with Gasteiger partial charge in [0.15, 0.2) is 0 Å². The fourth-order valence-corrected chi connectivity index (χ4v) is 3.46. The van der Waals surface area contributed by atoms with Crippen LogP contribution in [0.4, 0.5) is 11.5 Å². The van der Waals surface area contributed by atoms with Crippen molar-refractivity contribution >= 4 is 28.6 Å². The molecule has 3 aromatic heterocycles. The highest BCUT2D eigenvalue weighted by Crippen LogP contribution is 2.22. The summed E-state index contributed by atoms with van der Waals surface area (Å²) in [5, 5.41) is 10.8. The highest BCUT2D eigenvalue weighted by molar-refractivity contribution is 6.04. The SMILES string of the molecule is Cc1cncc(C(=O)Nc2cccc([C@H](C)Nc3cnc4cn(CC(C)C)nc4n3)c2)c1. The van der Waals surface area contributed by atoms with Crippen LogP contribution in [0.3, 0.4) is 0 Å². The number of benzene rings is 1. The Morgan fingerprint density at radius 1 is 1.12 bits per heavy atom. The van der Waals surface area contributed by atoms with Gasteiger partial charge in [0.05, 0.1) is 24.0 Å². The molecule has 32 heavy (non-hydrogen) atoms. The first-order valence-electron chi connectivity index (χ1n) is 10.7. The first-order valence-corrected chi connectivity index (χ1v) is 10.7. The van der Waals surface area contributed by atoms with E-state index >= 15 is 0 Å². The fraction of sp³-hybridized carbons (Fsp3) is 0.292. The Bertz CT molecular complexity index is 1250. The second kappa shape index (κ2) is 9.13. The lowest BCUT2D eigenvalue weighted by Crippen LogP contribution is -2.13. The molecule has 4 rings (SSSR count). The van der Waals surface area contributed by atoms with Crippen molar-refractivity contribution in [3.05, 3.63) is 71.8 Å². The topological polar surface area (TPSA) is 97.6 Å². The first kappa shape index (κ1) is 21.4. The maximum Gasteiger partial charge on any atom is 0.257 e. The molecule has 1 amide bonds. The summed E-state index contributed by atoms with van der Waals surface area (Å²) in [7, 11) is 0. The molecule has 164 valence electrons. The third-order valence-electron chi connectivity index (χ3n) is 4.97. The maximum absolute atomic E-state index is 12.5. The molecule has 4 aromatic rings. The van der Waals surface area contributed by atoms with E-state index in [1.165, 1.54) is 0 Å². The van der Waals surface area contributed by atoms with Crippen LogP contribution in [0.25, 0.3) is 11.2 Å². The van der Waals surface area contributed by atoms with Crippen molar-refractivity contribution in [2.75, 3.05) is 10.6 Å². The number of hydrogen-bond acceptors (Lipinski definition) is 6. The number of anilines is 2. The number of amides is 1. The molecule has 0 spiro atoms. The van der Waals surface area contributed by atoms with Crippen molar-refractivity contribution in [3.8, 4) is 0 Å². The summed E-state index contributed by atoms with van der Waals surface area (Å²) in [5.74, 6) is 0.962. The summed E-state index contributed by atoms with van der Waals surface area (Å²) < 4.78 is 1.89. The Balaban J connectivity index is 1.46. The Labute approximate surface area is 187 Å². The molecule has 0 bridgehead atoms. The van der Waals surface area contributed by atoms with Gasteiger partial charge in [0, 0.05) is 24.6 Å². The zero-order valence-electron chi connectivity index (χ0n) is 18.7. The van der Waals surface area contributed by atoms with Crippen molar-refractivity contribution in [1.29, 1.82) is 0 Å². The van der Waals surface area contributed by atoms with Gasteiger partial charge in [0.1, 0.15) is 11.3 Å². The van der Waals surface area contributed by atoms with Gasteiger partial charge in [-0.15, -0.1) is 0 Å². The number of aryl methyl sites for hydroxylation is 1. The highest BCUT2D eigenvalue weighted by Gasteiger charge is 2.12. The van der Waals surface area contributed by atoms with Crippen molar-refractivity contribution in [1.82, 2.24) is 24.7 Å². The Morgan fingerprint density at radius 2 is 1.97 bits per heavy atom. The van der Waals surface area contributed by atoms with Crippen LogP contribution in [0.5, 0.6) is 0 Å². The van der Waals surface area contributed by atoms with E-state index in [9.17, 15) is 4.79 Å². The van der Waals surface area contributed by atoms with Crippen molar-refractivity contribution < 1.29 is 4.79 Å². The smallest absolute Gasteiger partial charge is 0.257 e. The minimum Gasteiger partial charge on any atom is -0.362 e. The molecule has 8 heteroatoms. The fourth-order valence-electron chi connectivity index (χ4n) is 3.46. The minimum atomic E-state index is -0.188. The van der Waals surface area contributed by atoms with E-state index in [1.54, 1.807) is 18.6 Å². The van der Waals surface area contributed by atoms with Gasteiger partial charge >= 0.3 is 0 Å². The predicted octanol–water partition coefficient (Wildman–Crippen LogP) is 4.61. The average molecular weight is 430 g/mol. The average Bonchev–Trinajstić information content (AvgIpc) is 3.14. The van der Waals surface area contributed by atoms with E-state index in [-0.39, 0.29) is 11.9 Å². The number of aromatic nitrogens is 5. The summed E-state index contributed by atoms with van der Waals surface area (Å²) >= 11 is 0. The number of carbonyl (C=O) groups excluding carboxylic acids is 1. The molecule has 8 nitrogen and oxygen atoms in total. The van der Waals surface area contributed by atoms with Crippen LogP contribution in [0.2, 0.25) is 0 Å². The molecular formula is C24H27N7O. The quantitative estimate of drug-likeness (QED) is 0.445. The van der Waals surface area contributed by atoms with Crippen molar-refractivity contribution in [2.45, 2.75) is 40.3 Å². The molecule has 3 heterocycles. The summed E-state index contributed by atoms with van der Waals surface area (Å²) in [6.07, 6.45) is 6.93. The molecule has 1 atom stereocenters. The van der Waals surface area contributed by atoms with Gasteiger partial charge in [-0.2, -0.15) is 5.10 Å². The summed E-state index contributed by atoms with van der Waals surface area (Å²) in [4.78, 5) is 25.7. The third kappa shape index (κ3) is 5.08. The molecule has 0 radical (unpaired) electrons. The molecular weight excluding hydrogens is 402 g/mol. The zero-order valence-corrected chi connectivity index (χ0v) is 18.7. The molecule has 0 fully saturated rings. The standard InChI is InChI=1S/C24H27N7O/c1-15(2)13-31-14-21-23(30-31)29-22(12-26-21)27-17(4)18-6-5-7-20(9-18)28-24(32)19-8-16(3)10-25-11-19/h5-12,14-15,17H,13H2,1-4H3,(H,28,32)(H,27,29,30)/t17-/m0/s1. The first-order chi connectivity index (χ1) is 15.4. The number of rotatable bonds is 7. The van der Waals surface area contributed by atoms with Gasteiger partial charge < -0.3 is 10.6 Å². The van der Waals surface area contributed by atoms with Gasteiger partial charge in [-0.25, -0.2) is 9.97 Å². The minimum absolute atomic E-state index is 0.0445. The number of hydrogen-bond donors (Lipinski definition) is 2.